The molecule has 0 unspecified atom stereocenters. The number of rotatable bonds is 14. The van der Waals surface area contributed by atoms with Crippen LogP contribution >= 0.6 is 31.7 Å². The van der Waals surface area contributed by atoms with E-state index in [4.69, 9.17) is 0 Å². The summed E-state index contributed by atoms with van der Waals surface area (Å²) in [6, 6.07) is 88.4. The van der Waals surface area contributed by atoms with Gasteiger partial charge in [-0.1, -0.05) is 257 Å². The first-order valence-corrected chi connectivity index (χ1v) is 30.3. The molecule has 2 saturated carbocycles. The molecule has 5 heteroatoms. The monoisotopic (exact) mass is 1040 g/mol. The fourth-order valence-corrected chi connectivity index (χ4v) is 18.7. The van der Waals surface area contributed by atoms with Crippen LogP contribution in [0.1, 0.15) is 13.8 Å². The molecule has 0 amide bonds. The standard InChI is InChI=1S/2C26H24P2.2C7H8.Fe.2H/c2*1-5-13-23(14-6-1)27(24-15-7-2-8-16-24)21-22-28(25-17-9-3-10-18-25)26-19-11-4-12-20-26;2*1-7-5-3-2-4-6-7;;;/h2*1-20H,21-22H2;2*2-6H,1H3;;;. The summed E-state index contributed by atoms with van der Waals surface area (Å²) in [6.45, 7) is 4.17. The van der Waals surface area contributed by atoms with Gasteiger partial charge in [-0.3, -0.25) is 0 Å². The van der Waals surface area contributed by atoms with Crippen molar-refractivity contribution in [3.8, 4) is 0 Å². The van der Waals surface area contributed by atoms with Crippen molar-refractivity contribution in [3.05, 3.63) is 319 Å². The molecule has 0 nitrogen and oxygen atoms in total. The first-order valence-electron chi connectivity index (χ1n) is 24.2. The molecule has 10 rings (SSSR count). The van der Waals surface area contributed by atoms with Gasteiger partial charge in [0.05, 0.1) is 0 Å². The Balaban J connectivity index is 0.000000180. The Labute approximate surface area is 445 Å². The molecule has 2 fully saturated rings. The minimum Gasteiger partial charge on any atom is -0.0622 e. The predicted octanol–water partition coefficient (Wildman–Crippen LogP) is 13.2. The van der Waals surface area contributed by atoms with E-state index in [0.29, 0.717) is 0 Å². The Morgan fingerprint density at radius 3 is 0.465 bits per heavy atom. The molecule has 0 aliphatic heterocycles. The van der Waals surface area contributed by atoms with E-state index in [1.807, 2.05) is 38.5 Å². The molecule has 0 N–H and O–H groups in total. The summed E-state index contributed by atoms with van der Waals surface area (Å²) >= 11 is 0. The number of hydrogen-bond donors (Lipinski definition) is 0. The molecule has 0 saturated heterocycles. The zero-order chi connectivity index (χ0) is 48.3. The minimum absolute atomic E-state index is 0. The quantitative estimate of drug-likeness (QED) is 0.0752. The Bertz CT molecular complexity index is 2020. The second-order valence-electron chi connectivity index (χ2n) is 16.6. The van der Waals surface area contributed by atoms with Gasteiger partial charge in [0.2, 0.25) is 0 Å². The molecule has 0 aromatic heterocycles. The third kappa shape index (κ3) is 19.4. The molecule has 0 atom stereocenters. The summed E-state index contributed by atoms with van der Waals surface area (Å²) in [5.74, 6) is 2.64. The maximum Gasteiger partial charge on any atom is -0.0195 e. The summed E-state index contributed by atoms with van der Waals surface area (Å²) in [5.41, 5.74) is 0. The molecule has 0 spiro atoms. The maximum atomic E-state index is 2.30. The second kappa shape index (κ2) is 32.9. The van der Waals surface area contributed by atoms with E-state index in [0.717, 1.165) is 0 Å². The smallest absolute Gasteiger partial charge is 0.0195 e. The van der Waals surface area contributed by atoms with Crippen LogP contribution in [0.4, 0.5) is 0 Å². The zero-order valence-corrected chi connectivity index (χ0v) is 45.7. The Kier molecular flexibility index (Phi) is 26.1. The van der Waals surface area contributed by atoms with Gasteiger partial charge in [-0.05, 0) is 175 Å². The van der Waals surface area contributed by atoms with Crippen molar-refractivity contribution in [1.82, 2.24) is 0 Å². The largest absolute Gasteiger partial charge is 0.0622 e. The van der Waals surface area contributed by atoms with Crippen molar-refractivity contribution >= 4 is 74.1 Å². The van der Waals surface area contributed by atoms with Crippen LogP contribution in [-0.4, -0.2) is 24.6 Å². The number of hydrogen-bond acceptors (Lipinski definition) is 0. The van der Waals surface area contributed by atoms with Crippen LogP contribution in [0.2, 0.25) is 0 Å². The van der Waals surface area contributed by atoms with Gasteiger partial charge in [0.25, 0.3) is 0 Å². The summed E-state index contributed by atoms with van der Waals surface area (Å²) in [7, 11) is -1.39. The van der Waals surface area contributed by atoms with Crippen LogP contribution in [0, 0.1) is 76.0 Å². The van der Waals surface area contributed by atoms with E-state index >= 15 is 0 Å². The molecule has 0 bridgehead atoms. The van der Waals surface area contributed by atoms with E-state index in [1.54, 1.807) is 0 Å². The van der Waals surface area contributed by atoms with Crippen LogP contribution < -0.4 is 42.4 Å². The van der Waals surface area contributed by atoms with E-state index in [9.17, 15) is 0 Å². The molecule has 8 aromatic rings. The van der Waals surface area contributed by atoms with Crippen molar-refractivity contribution in [2.24, 2.45) is 0 Å². The first-order chi connectivity index (χ1) is 34.6. The first kappa shape index (κ1) is 56.3. The fourth-order valence-electron chi connectivity index (χ4n) is 7.96. The van der Waals surface area contributed by atoms with Gasteiger partial charge in [0.15, 0.2) is 0 Å². The molecular formula is C66H66FeP4. The van der Waals surface area contributed by atoms with Crippen molar-refractivity contribution in [1.29, 1.82) is 0 Å². The number of benzene rings is 8. The Morgan fingerprint density at radius 1 is 0.211 bits per heavy atom. The van der Waals surface area contributed by atoms with Gasteiger partial charge < -0.3 is 0 Å². The fraction of sp³-hybridized carbons (Fsp3) is 0.0909. The topological polar surface area (TPSA) is 0 Å². The van der Waals surface area contributed by atoms with Crippen molar-refractivity contribution < 1.29 is 17.1 Å². The SMILES string of the molecule is C[C]1[CH][CH][CH][CH][CH]1.C[C]1[CH][CH][CH][CH][CH]1.[FeH2].c1ccc(P(CCP(c2ccccc2)c2ccccc2)c2ccccc2)cc1.c1ccc(P(CCP(c2ccccc2)c2ccccc2)c2ccccc2)cc1. The Hall–Kier alpha value is -4.00. The second-order valence-corrected chi connectivity index (χ2v) is 25.9. The van der Waals surface area contributed by atoms with Gasteiger partial charge >= 0.3 is 17.1 Å². The third-order valence-corrected chi connectivity index (χ3v) is 22.3. The van der Waals surface area contributed by atoms with E-state index in [1.165, 1.54) is 78.9 Å². The summed E-state index contributed by atoms with van der Waals surface area (Å²) < 4.78 is 0. The van der Waals surface area contributed by atoms with E-state index < -0.39 is 0 Å². The van der Waals surface area contributed by atoms with E-state index in [-0.39, 0.29) is 48.8 Å². The van der Waals surface area contributed by atoms with Crippen LogP contribution in [0.5, 0.6) is 0 Å². The molecular weight excluding hydrogens is 972 g/mol. The molecule has 2 aliphatic carbocycles. The van der Waals surface area contributed by atoms with Crippen molar-refractivity contribution in [3.63, 3.8) is 0 Å². The molecule has 71 heavy (non-hydrogen) atoms. The molecule has 358 valence electrons. The normalized spacial score (nSPS) is 13.7. The molecule has 0 heterocycles. The summed E-state index contributed by atoms with van der Waals surface area (Å²) in [5, 5.41) is 11.8. The van der Waals surface area contributed by atoms with Gasteiger partial charge in [0, 0.05) is 0 Å². The van der Waals surface area contributed by atoms with Gasteiger partial charge in [-0.15, -0.1) is 0 Å². The summed E-state index contributed by atoms with van der Waals surface area (Å²) in [6.07, 6.45) is 25.4. The van der Waals surface area contributed by atoms with Crippen molar-refractivity contribution in [2.45, 2.75) is 13.8 Å². The van der Waals surface area contributed by atoms with Crippen LogP contribution in [0.25, 0.3) is 0 Å². The average molecular weight is 1040 g/mol. The Morgan fingerprint density at radius 2 is 0.352 bits per heavy atom. The zero-order valence-electron chi connectivity index (χ0n) is 40.9. The van der Waals surface area contributed by atoms with Gasteiger partial charge in [-0.2, -0.15) is 0 Å². The molecule has 8 aromatic carbocycles. The van der Waals surface area contributed by atoms with Crippen LogP contribution in [0.15, 0.2) is 243 Å². The van der Waals surface area contributed by atoms with Gasteiger partial charge in [0.1, 0.15) is 0 Å². The molecule has 2 aliphatic rings. The predicted molar refractivity (Wildman–Crippen MR) is 319 cm³/mol. The van der Waals surface area contributed by atoms with E-state index in [2.05, 4.69) is 282 Å². The van der Waals surface area contributed by atoms with Crippen LogP contribution in [0.3, 0.4) is 0 Å². The summed E-state index contributed by atoms with van der Waals surface area (Å²) in [4.78, 5) is 0. The van der Waals surface area contributed by atoms with Crippen LogP contribution in [-0.2, 0) is 17.1 Å². The third-order valence-electron chi connectivity index (χ3n) is 11.5. The molecule has 12 radical (unpaired) electrons. The average Bonchev–Trinajstić information content (AvgIpc) is 3.44. The minimum atomic E-state index is -0.348. The van der Waals surface area contributed by atoms with Gasteiger partial charge in [-0.25, -0.2) is 0 Å². The van der Waals surface area contributed by atoms with Crippen molar-refractivity contribution in [2.75, 3.05) is 24.6 Å². The maximum absolute atomic E-state index is 2.30.